The third-order valence-electron chi connectivity index (χ3n) is 5.91. The van der Waals surface area contributed by atoms with Crippen LogP contribution in [0.25, 0.3) is 11.0 Å². The Morgan fingerprint density at radius 2 is 1.91 bits per heavy atom. The Balaban J connectivity index is 1.64. The molecule has 10 heteroatoms. The first-order valence-electron chi connectivity index (χ1n) is 10.3. The van der Waals surface area contributed by atoms with E-state index >= 15 is 0 Å². The molecule has 0 aliphatic carbocycles. The maximum absolute atomic E-state index is 14.5. The zero-order valence-corrected chi connectivity index (χ0v) is 18.5. The van der Waals surface area contributed by atoms with E-state index in [-0.39, 0.29) is 23.0 Å². The highest BCUT2D eigenvalue weighted by atomic mass is 32.2. The lowest BCUT2D eigenvalue weighted by Gasteiger charge is -2.22. The van der Waals surface area contributed by atoms with Gasteiger partial charge in [0, 0.05) is 52.1 Å². The highest BCUT2D eigenvalue weighted by molar-refractivity contribution is 7.85. The van der Waals surface area contributed by atoms with Crippen LogP contribution in [-0.4, -0.2) is 30.2 Å². The first-order valence-corrected chi connectivity index (χ1v) is 11.8. The minimum atomic E-state index is -2.91. The summed E-state index contributed by atoms with van der Waals surface area (Å²) in [6, 6.07) is 4.98. The van der Waals surface area contributed by atoms with Crippen molar-refractivity contribution in [3.8, 4) is 0 Å². The van der Waals surface area contributed by atoms with Crippen LogP contribution in [0, 0.1) is 5.82 Å². The molecule has 170 valence electrons. The maximum Gasteiger partial charge on any atom is 0.266 e. The molecule has 1 aliphatic heterocycles. The molecule has 1 N–H and O–H groups in total. The summed E-state index contributed by atoms with van der Waals surface area (Å²) in [5.74, 6) is 0.425. The van der Waals surface area contributed by atoms with Crippen molar-refractivity contribution in [1.82, 2.24) is 14.5 Å². The van der Waals surface area contributed by atoms with E-state index in [9.17, 15) is 22.2 Å². The number of hydrogen-bond acceptors (Lipinski definition) is 5. The summed E-state index contributed by atoms with van der Waals surface area (Å²) in [4.78, 5) is 21.6. The standard InChI is InChI=1S/C22H23F3N4O2S/c1-12(15-4-3-5-16(18(15)23)19(24)25)27-22-26-11-14-10-17(13-6-8-32(31)9-7-13)21(30)29(2)20(14)28-22/h3-5,10-13,19H,6-9H2,1-2H3,(H,26,27,28). The lowest BCUT2D eigenvalue weighted by atomic mass is 9.94. The quantitative estimate of drug-likeness (QED) is 0.612. The molecule has 0 spiro atoms. The fraction of sp³-hybridized carbons (Fsp3) is 0.409. The summed E-state index contributed by atoms with van der Waals surface area (Å²) < 4.78 is 53.6. The number of halogens is 3. The molecular formula is C22H23F3N4O2S. The molecule has 0 amide bonds. The third kappa shape index (κ3) is 4.28. The smallest absolute Gasteiger partial charge is 0.266 e. The van der Waals surface area contributed by atoms with Gasteiger partial charge in [-0.3, -0.25) is 13.6 Å². The topological polar surface area (TPSA) is 76.9 Å². The Kier molecular flexibility index (Phi) is 6.32. The van der Waals surface area contributed by atoms with E-state index in [1.54, 1.807) is 26.2 Å². The lowest BCUT2D eigenvalue weighted by Crippen LogP contribution is -2.27. The van der Waals surface area contributed by atoms with Crippen LogP contribution in [0.3, 0.4) is 0 Å². The molecule has 32 heavy (non-hydrogen) atoms. The Bertz CT molecular complexity index is 1240. The summed E-state index contributed by atoms with van der Waals surface area (Å²) in [5, 5.41) is 3.61. The molecule has 4 rings (SSSR count). The molecule has 1 unspecified atom stereocenters. The number of pyridine rings is 1. The van der Waals surface area contributed by atoms with Crippen molar-refractivity contribution in [3.05, 3.63) is 63.3 Å². The van der Waals surface area contributed by atoms with Crippen molar-refractivity contribution in [2.24, 2.45) is 7.05 Å². The van der Waals surface area contributed by atoms with E-state index in [0.717, 1.165) is 6.07 Å². The van der Waals surface area contributed by atoms with Crippen LogP contribution in [0.15, 0.2) is 35.3 Å². The molecule has 1 aromatic carbocycles. The number of aryl methyl sites for hydroxylation is 1. The second-order valence-corrected chi connectivity index (χ2v) is 9.67. The first kappa shape index (κ1) is 22.4. The van der Waals surface area contributed by atoms with E-state index in [0.29, 0.717) is 40.9 Å². The summed E-state index contributed by atoms with van der Waals surface area (Å²) in [6.07, 6.45) is 0.0724. The minimum absolute atomic E-state index is 0.0544. The Morgan fingerprint density at radius 3 is 2.59 bits per heavy atom. The minimum Gasteiger partial charge on any atom is -0.348 e. The van der Waals surface area contributed by atoms with Crippen molar-refractivity contribution >= 4 is 27.8 Å². The van der Waals surface area contributed by atoms with Crippen LogP contribution >= 0.6 is 0 Å². The normalized spacial score (nSPS) is 19.9. The highest BCUT2D eigenvalue weighted by Crippen LogP contribution is 2.29. The fourth-order valence-corrected chi connectivity index (χ4v) is 5.38. The van der Waals surface area contributed by atoms with Gasteiger partial charge < -0.3 is 5.32 Å². The predicted molar refractivity (Wildman–Crippen MR) is 118 cm³/mol. The molecular weight excluding hydrogens is 441 g/mol. The van der Waals surface area contributed by atoms with E-state index in [4.69, 9.17) is 0 Å². The second kappa shape index (κ2) is 9.01. The number of fused-ring (bicyclic) bond motifs is 1. The van der Waals surface area contributed by atoms with Gasteiger partial charge in [-0.05, 0) is 31.7 Å². The van der Waals surface area contributed by atoms with Crippen LogP contribution in [0.1, 0.15) is 54.8 Å². The van der Waals surface area contributed by atoms with Crippen molar-refractivity contribution in [2.45, 2.75) is 38.2 Å². The molecule has 6 nitrogen and oxygen atoms in total. The van der Waals surface area contributed by atoms with Gasteiger partial charge in [0.1, 0.15) is 11.5 Å². The van der Waals surface area contributed by atoms with Crippen LogP contribution in [0.4, 0.5) is 19.1 Å². The molecule has 3 aromatic rings. The number of alkyl halides is 2. The number of benzene rings is 1. The van der Waals surface area contributed by atoms with Gasteiger partial charge in [0.05, 0.1) is 11.6 Å². The first-order chi connectivity index (χ1) is 15.3. The average molecular weight is 465 g/mol. The van der Waals surface area contributed by atoms with Gasteiger partial charge >= 0.3 is 0 Å². The van der Waals surface area contributed by atoms with Gasteiger partial charge in [-0.2, -0.15) is 4.98 Å². The summed E-state index contributed by atoms with van der Waals surface area (Å²) in [6.45, 7) is 1.62. The number of nitrogens with zero attached hydrogens (tertiary/aromatic N) is 3. The van der Waals surface area contributed by atoms with Crippen LogP contribution in [-0.2, 0) is 17.8 Å². The zero-order valence-electron chi connectivity index (χ0n) is 17.6. The van der Waals surface area contributed by atoms with Crippen molar-refractivity contribution < 1.29 is 17.4 Å². The number of anilines is 1. The number of hydrogen-bond donors (Lipinski definition) is 1. The van der Waals surface area contributed by atoms with Gasteiger partial charge in [-0.1, -0.05) is 18.2 Å². The second-order valence-electron chi connectivity index (χ2n) is 7.98. The van der Waals surface area contributed by atoms with Crippen LogP contribution in [0.2, 0.25) is 0 Å². The molecule has 0 bridgehead atoms. The monoisotopic (exact) mass is 464 g/mol. The van der Waals surface area contributed by atoms with Gasteiger partial charge in [0.25, 0.3) is 12.0 Å². The highest BCUT2D eigenvalue weighted by Gasteiger charge is 2.24. The summed E-state index contributed by atoms with van der Waals surface area (Å²) >= 11 is 0. The largest absolute Gasteiger partial charge is 0.348 e. The Hall–Kier alpha value is -2.75. The Morgan fingerprint density at radius 1 is 1.22 bits per heavy atom. The van der Waals surface area contributed by atoms with Gasteiger partial charge in [-0.15, -0.1) is 0 Å². The molecule has 1 fully saturated rings. The van der Waals surface area contributed by atoms with E-state index < -0.39 is 34.6 Å². The average Bonchev–Trinajstić information content (AvgIpc) is 2.77. The molecule has 0 saturated carbocycles. The van der Waals surface area contributed by atoms with Crippen LogP contribution < -0.4 is 10.9 Å². The molecule has 2 aromatic heterocycles. The van der Waals surface area contributed by atoms with Gasteiger partial charge in [-0.25, -0.2) is 18.2 Å². The Labute approximate surface area is 185 Å². The zero-order chi connectivity index (χ0) is 23.0. The number of nitrogens with one attached hydrogen (secondary N) is 1. The van der Waals surface area contributed by atoms with Crippen LogP contribution in [0.5, 0.6) is 0 Å². The van der Waals surface area contributed by atoms with Gasteiger partial charge in [0.2, 0.25) is 5.95 Å². The number of rotatable bonds is 5. The summed E-state index contributed by atoms with van der Waals surface area (Å²) in [5.41, 5.74) is 0.330. The van der Waals surface area contributed by atoms with Crippen molar-refractivity contribution in [1.29, 1.82) is 0 Å². The molecule has 1 aliphatic rings. The molecule has 1 atom stereocenters. The molecule has 3 heterocycles. The van der Waals surface area contributed by atoms with Gasteiger partial charge in [0.15, 0.2) is 0 Å². The maximum atomic E-state index is 14.5. The van der Waals surface area contributed by atoms with Crippen molar-refractivity contribution in [3.63, 3.8) is 0 Å². The van der Waals surface area contributed by atoms with Crippen molar-refractivity contribution in [2.75, 3.05) is 16.8 Å². The number of aromatic nitrogens is 3. The van der Waals surface area contributed by atoms with E-state index in [2.05, 4.69) is 15.3 Å². The SMILES string of the molecule is CC(Nc1ncc2cc(C3CCS(=O)CC3)c(=O)n(C)c2n1)c1cccc(C(F)F)c1F. The fourth-order valence-electron chi connectivity index (χ4n) is 4.08. The summed E-state index contributed by atoms with van der Waals surface area (Å²) in [7, 11) is 0.811. The third-order valence-corrected chi connectivity index (χ3v) is 7.29. The molecule has 0 radical (unpaired) electrons. The molecule has 1 saturated heterocycles. The lowest BCUT2D eigenvalue weighted by molar-refractivity contribution is 0.146. The predicted octanol–water partition coefficient (Wildman–Crippen LogP) is 4.20. The van der Waals surface area contributed by atoms with E-state index in [1.807, 2.05) is 0 Å². The van der Waals surface area contributed by atoms with E-state index in [1.165, 1.54) is 16.7 Å².